The van der Waals surface area contributed by atoms with E-state index in [1.807, 2.05) is 0 Å². The molecule has 0 N–H and O–H groups in total. The van der Waals surface area contributed by atoms with Crippen LogP contribution in [0.15, 0.2) is 24.3 Å². The van der Waals surface area contributed by atoms with E-state index in [-0.39, 0.29) is 0 Å². The highest BCUT2D eigenvalue weighted by atomic mass is 14.3. The Balaban J connectivity index is 1.88. The minimum Gasteiger partial charge on any atom is -0.0625 e. The molecule has 1 aromatic carbocycles. The molecule has 0 amide bonds. The third-order valence-electron chi connectivity index (χ3n) is 4.47. The highest BCUT2D eigenvalue weighted by molar-refractivity contribution is 5.24. The second kappa shape index (κ2) is 5.71. The molecule has 1 aromatic rings. The monoisotopic (exact) mass is 230 g/mol. The van der Waals surface area contributed by atoms with Gasteiger partial charge in [-0.15, -0.1) is 0 Å². The zero-order chi connectivity index (χ0) is 12.3. The topological polar surface area (TPSA) is 0 Å². The van der Waals surface area contributed by atoms with Gasteiger partial charge in [-0.25, -0.2) is 0 Å². The van der Waals surface area contributed by atoms with Crippen LogP contribution in [0.1, 0.15) is 63.0 Å². The molecule has 0 heteroatoms. The molecule has 0 bridgehead atoms. The summed E-state index contributed by atoms with van der Waals surface area (Å²) in [4.78, 5) is 0. The van der Waals surface area contributed by atoms with Crippen LogP contribution in [0.2, 0.25) is 0 Å². The van der Waals surface area contributed by atoms with Crippen molar-refractivity contribution in [1.29, 1.82) is 0 Å². The average Bonchev–Trinajstić information content (AvgIpc) is 2.33. The molecule has 0 nitrogen and oxygen atoms in total. The lowest BCUT2D eigenvalue weighted by Crippen LogP contribution is -2.14. The van der Waals surface area contributed by atoms with Crippen molar-refractivity contribution >= 4 is 0 Å². The van der Waals surface area contributed by atoms with Gasteiger partial charge >= 0.3 is 0 Å². The van der Waals surface area contributed by atoms with Crippen LogP contribution in [0.5, 0.6) is 0 Å². The van der Waals surface area contributed by atoms with Crippen molar-refractivity contribution in [3.63, 3.8) is 0 Å². The Morgan fingerprint density at radius 1 is 1.06 bits per heavy atom. The number of hydrogen-bond acceptors (Lipinski definition) is 0. The number of rotatable bonds is 3. The number of benzene rings is 1. The minimum absolute atomic E-state index is 0.731. The van der Waals surface area contributed by atoms with E-state index in [0.717, 1.165) is 17.8 Å². The molecule has 0 unspecified atom stereocenters. The van der Waals surface area contributed by atoms with Gasteiger partial charge in [-0.2, -0.15) is 0 Å². The van der Waals surface area contributed by atoms with Crippen molar-refractivity contribution in [2.75, 3.05) is 0 Å². The first-order chi connectivity index (χ1) is 8.15. The average molecular weight is 230 g/mol. The Bertz CT molecular complexity index is 328. The van der Waals surface area contributed by atoms with E-state index in [2.05, 4.69) is 45.0 Å². The van der Waals surface area contributed by atoms with Crippen LogP contribution in [0.25, 0.3) is 0 Å². The lowest BCUT2D eigenvalue weighted by molar-refractivity contribution is 0.267. The van der Waals surface area contributed by atoms with E-state index in [1.165, 1.54) is 43.2 Å². The molecule has 94 valence electrons. The largest absolute Gasteiger partial charge is 0.0625 e. The summed E-state index contributed by atoms with van der Waals surface area (Å²) in [5.74, 6) is 2.68. The van der Waals surface area contributed by atoms with Gasteiger partial charge < -0.3 is 0 Å². The van der Waals surface area contributed by atoms with Crippen molar-refractivity contribution < 1.29 is 0 Å². The maximum atomic E-state index is 2.40. The molecule has 2 rings (SSSR count). The summed E-state index contributed by atoms with van der Waals surface area (Å²) in [6.45, 7) is 6.96. The normalized spacial score (nSPS) is 26.8. The van der Waals surface area contributed by atoms with E-state index in [0.29, 0.717) is 0 Å². The Labute approximate surface area is 106 Å². The summed E-state index contributed by atoms with van der Waals surface area (Å²) >= 11 is 0. The third-order valence-corrected chi connectivity index (χ3v) is 4.47. The Morgan fingerprint density at radius 2 is 1.65 bits per heavy atom. The molecular weight excluding hydrogens is 204 g/mol. The van der Waals surface area contributed by atoms with Gasteiger partial charge in [-0.05, 0) is 36.7 Å². The molecule has 0 aliphatic heterocycles. The predicted octanol–water partition coefficient (Wildman–Crippen LogP) is 5.31. The van der Waals surface area contributed by atoms with E-state index < -0.39 is 0 Å². The lowest BCUT2D eigenvalue weighted by atomic mass is 9.78. The van der Waals surface area contributed by atoms with Gasteiger partial charge in [-0.3, -0.25) is 0 Å². The van der Waals surface area contributed by atoms with Crippen LogP contribution in [0.3, 0.4) is 0 Å². The Kier molecular flexibility index (Phi) is 4.25. The summed E-state index contributed by atoms with van der Waals surface area (Å²) in [6, 6.07) is 9.11. The van der Waals surface area contributed by atoms with Crippen LogP contribution >= 0.6 is 0 Å². The SMILES string of the molecule is Cc1ccc([C@H](C)CC2CCC(C)CC2)cc1. The van der Waals surface area contributed by atoms with E-state index >= 15 is 0 Å². The minimum atomic E-state index is 0.731. The van der Waals surface area contributed by atoms with Gasteiger partial charge in [0.15, 0.2) is 0 Å². The molecule has 1 aliphatic carbocycles. The summed E-state index contributed by atoms with van der Waals surface area (Å²) in [5, 5.41) is 0. The highest BCUT2D eigenvalue weighted by Gasteiger charge is 2.20. The predicted molar refractivity (Wildman–Crippen MR) is 75.3 cm³/mol. The van der Waals surface area contributed by atoms with Gasteiger partial charge in [0.25, 0.3) is 0 Å². The van der Waals surface area contributed by atoms with Crippen LogP contribution in [-0.4, -0.2) is 0 Å². The van der Waals surface area contributed by atoms with Crippen molar-refractivity contribution in [2.45, 2.75) is 58.8 Å². The zero-order valence-electron chi connectivity index (χ0n) is 11.6. The molecule has 0 saturated heterocycles. The second-order valence-corrected chi connectivity index (χ2v) is 6.17. The maximum absolute atomic E-state index is 2.40. The van der Waals surface area contributed by atoms with Crippen LogP contribution in [-0.2, 0) is 0 Å². The van der Waals surface area contributed by atoms with Crippen molar-refractivity contribution in [3.05, 3.63) is 35.4 Å². The number of hydrogen-bond donors (Lipinski definition) is 0. The van der Waals surface area contributed by atoms with Crippen LogP contribution in [0.4, 0.5) is 0 Å². The fraction of sp³-hybridized carbons (Fsp3) is 0.647. The molecule has 0 aromatic heterocycles. The van der Waals surface area contributed by atoms with Crippen molar-refractivity contribution in [2.24, 2.45) is 11.8 Å². The molecule has 0 radical (unpaired) electrons. The van der Waals surface area contributed by atoms with Gasteiger partial charge in [0.2, 0.25) is 0 Å². The first kappa shape index (κ1) is 12.7. The first-order valence-corrected chi connectivity index (χ1v) is 7.21. The third kappa shape index (κ3) is 3.59. The smallest absolute Gasteiger partial charge is 0.0188 e. The quantitative estimate of drug-likeness (QED) is 0.659. The van der Waals surface area contributed by atoms with Gasteiger partial charge in [-0.1, -0.05) is 69.4 Å². The maximum Gasteiger partial charge on any atom is -0.0188 e. The van der Waals surface area contributed by atoms with Gasteiger partial charge in [0.1, 0.15) is 0 Å². The molecule has 17 heavy (non-hydrogen) atoms. The summed E-state index contributed by atoms with van der Waals surface area (Å²) < 4.78 is 0. The first-order valence-electron chi connectivity index (χ1n) is 7.21. The van der Waals surface area contributed by atoms with Gasteiger partial charge in [0, 0.05) is 0 Å². The summed E-state index contributed by atoms with van der Waals surface area (Å²) in [7, 11) is 0. The molecule has 0 heterocycles. The highest BCUT2D eigenvalue weighted by Crippen LogP contribution is 2.35. The molecule has 0 spiro atoms. The summed E-state index contributed by atoms with van der Waals surface area (Å²) in [6.07, 6.45) is 7.20. The molecule has 1 saturated carbocycles. The van der Waals surface area contributed by atoms with E-state index in [1.54, 1.807) is 0 Å². The van der Waals surface area contributed by atoms with Gasteiger partial charge in [0.05, 0.1) is 0 Å². The Hall–Kier alpha value is -0.780. The summed E-state index contributed by atoms with van der Waals surface area (Å²) in [5.41, 5.74) is 2.89. The van der Waals surface area contributed by atoms with E-state index in [9.17, 15) is 0 Å². The van der Waals surface area contributed by atoms with Crippen LogP contribution < -0.4 is 0 Å². The standard InChI is InChI=1S/C17H26/c1-13-4-8-16(9-5-13)12-15(3)17-10-6-14(2)7-11-17/h6-7,10-11,13,15-16H,4-5,8-9,12H2,1-3H3/t13?,15-,16?/m1/s1. The molecular formula is C17H26. The number of aryl methyl sites for hydroxylation is 1. The fourth-order valence-corrected chi connectivity index (χ4v) is 3.10. The van der Waals surface area contributed by atoms with Crippen molar-refractivity contribution in [3.8, 4) is 0 Å². The second-order valence-electron chi connectivity index (χ2n) is 6.17. The van der Waals surface area contributed by atoms with Crippen molar-refractivity contribution in [1.82, 2.24) is 0 Å². The fourth-order valence-electron chi connectivity index (χ4n) is 3.10. The molecule has 1 aliphatic rings. The molecule has 1 atom stereocenters. The van der Waals surface area contributed by atoms with E-state index in [4.69, 9.17) is 0 Å². The lowest BCUT2D eigenvalue weighted by Gasteiger charge is -2.28. The van der Waals surface area contributed by atoms with Crippen LogP contribution in [0, 0.1) is 18.8 Å². The Morgan fingerprint density at radius 3 is 2.24 bits per heavy atom. The molecule has 1 fully saturated rings. The zero-order valence-corrected chi connectivity index (χ0v) is 11.6.